The summed E-state index contributed by atoms with van der Waals surface area (Å²) in [5.41, 5.74) is 1.45. The number of aromatic nitrogens is 1. The molecule has 1 heterocycles. The number of ether oxygens (including phenoxy) is 1. The standard InChI is InChI=1S/C29H25ClN2O7S/c30-23-6-1-4-21(16-23)27(34)18-32(29(35)36)15-13-20-9-11-25(12-10-20)40(37,38)26-8-2-7-24(17-26)39-28-22(19-33)5-3-14-31-28/h1-12,14,16-17,19,27,34H,13,15,18H2,(H,35,36)/t27-/m1/s1. The van der Waals surface area contributed by atoms with Crippen LogP contribution in [0.15, 0.2) is 101 Å². The van der Waals surface area contributed by atoms with Crippen molar-refractivity contribution in [2.75, 3.05) is 13.1 Å². The summed E-state index contributed by atoms with van der Waals surface area (Å²) in [7, 11) is -3.90. The van der Waals surface area contributed by atoms with Gasteiger partial charge < -0.3 is 19.8 Å². The Morgan fingerprint density at radius 2 is 1.75 bits per heavy atom. The Morgan fingerprint density at radius 3 is 2.45 bits per heavy atom. The molecule has 1 aromatic heterocycles. The maximum Gasteiger partial charge on any atom is 0.407 e. The molecule has 0 aliphatic carbocycles. The van der Waals surface area contributed by atoms with Gasteiger partial charge in [0.15, 0.2) is 6.29 Å². The maximum absolute atomic E-state index is 13.3. The summed E-state index contributed by atoms with van der Waals surface area (Å²) in [5.74, 6) is 0.264. The van der Waals surface area contributed by atoms with Crippen molar-refractivity contribution in [2.45, 2.75) is 22.3 Å². The van der Waals surface area contributed by atoms with Gasteiger partial charge in [-0.3, -0.25) is 4.79 Å². The number of carboxylic acid groups (broad SMARTS) is 1. The summed E-state index contributed by atoms with van der Waals surface area (Å²) < 4.78 is 32.2. The first-order valence-electron chi connectivity index (χ1n) is 12.1. The molecular weight excluding hydrogens is 556 g/mol. The van der Waals surface area contributed by atoms with Crippen LogP contribution in [0.5, 0.6) is 11.6 Å². The van der Waals surface area contributed by atoms with Gasteiger partial charge in [-0.15, -0.1) is 0 Å². The summed E-state index contributed by atoms with van der Waals surface area (Å²) in [6.07, 6.45) is 0.128. The summed E-state index contributed by atoms with van der Waals surface area (Å²) in [6, 6.07) is 21.7. The third-order valence-electron chi connectivity index (χ3n) is 6.06. The minimum Gasteiger partial charge on any atom is -0.465 e. The highest BCUT2D eigenvalue weighted by Crippen LogP contribution is 2.28. The number of sulfone groups is 1. The third-order valence-corrected chi connectivity index (χ3v) is 8.06. The predicted octanol–water partition coefficient (Wildman–Crippen LogP) is 5.43. The largest absolute Gasteiger partial charge is 0.465 e. The van der Waals surface area contributed by atoms with Gasteiger partial charge in [-0.05, 0) is 72.1 Å². The van der Waals surface area contributed by atoms with E-state index in [0.717, 1.165) is 10.5 Å². The number of hydrogen-bond acceptors (Lipinski definition) is 7. The Morgan fingerprint density at radius 1 is 1.00 bits per heavy atom. The van der Waals surface area contributed by atoms with Crippen LogP contribution in [-0.4, -0.2) is 54.0 Å². The Hall–Kier alpha value is -4.25. The van der Waals surface area contributed by atoms with E-state index in [1.165, 1.54) is 42.6 Å². The fraction of sp³-hybridized carbons (Fsp3) is 0.138. The van der Waals surface area contributed by atoms with Gasteiger partial charge in [0.1, 0.15) is 5.75 Å². The van der Waals surface area contributed by atoms with Crippen molar-refractivity contribution in [3.8, 4) is 11.6 Å². The van der Waals surface area contributed by atoms with Gasteiger partial charge in [0.25, 0.3) is 0 Å². The second-order valence-electron chi connectivity index (χ2n) is 8.79. The Kier molecular flexibility index (Phi) is 9.15. The molecule has 40 heavy (non-hydrogen) atoms. The Bertz CT molecular complexity index is 1610. The predicted molar refractivity (Wildman–Crippen MR) is 148 cm³/mol. The lowest BCUT2D eigenvalue weighted by molar-refractivity contribution is 0.0973. The molecule has 2 N–H and O–H groups in total. The van der Waals surface area contributed by atoms with Crippen molar-refractivity contribution >= 4 is 33.8 Å². The molecule has 4 aromatic rings. The van der Waals surface area contributed by atoms with E-state index < -0.39 is 22.0 Å². The van der Waals surface area contributed by atoms with E-state index in [4.69, 9.17) is 16.3 Å². The van der Waals surface area contributed by atoms with Crippen LogP contribution in [0.2, 0.25) is 5.02 Å². The second kappa shape index (κ2) is 12.7. The molecule has 0 radical (unpaired) electrons. The van der Waals surface area contributed by atoms with Crippen LogP contribution < -0.4 is 4.74 Å². The number of rotatable bonds is 11. The number of halogens is 1. The van der Waals surface area contributed by atoms with Crippen molar-refractivity contribution in [3.05, 3.63) is 113 Å². The van der Waals surface area contributed by atoms with Gasteiger partial charge in [-0.25, -0.2) is 18.2 Å². The van der Waals surface area contributed by atoms with Crippen LogP contribution >= 0.6 is 11.6 Å². The SMILES string of the molecule is O=Cc1cccnc1Oc1cccc(S(=O)(=O)c2ccc(CCN(C[C@@H](O)c3cccc(Cl)c3)C(=O)O)cc2)c1. The number of carbonyl (C=O) groups is 2. The van der Waals surface area contributed by atoms with Crippen molar-refractivity contribution in [1.82, 2.24) is 9.88 Å². The van der Waals surface area contributed by atoms with E-state index in [1.807, 2.05) is 0 Å². The van der Waals surface area contributed by atoms with E-state index in [2.05, 4.69) is 4.98 Å². The normalized spacial score (nSPS) is 11.9. The first-order chi connectivity index (χ1) is 19.2. The zero-order valence-corrected chi connectivity index (χ0v) is 22.6. The summed E-state index contributed by atoms with van der Waals surface area (Å²) in [4.78, 5) is 28.1. The van der Waals surface area contributed by atoms with Crippen molar-refractivity contribution in [3.63, 3.8) is 0 Å². The molecule has 0 fully saturated rings. The van der Waals surface area contributed by atoms with E-state index in [1.54, 1.807) is 48.5 Å². The van der Waals surface area contributed by atoms with Gasteiger partial charge in [0, 0.05) is 17.8 Å². The highest BCUT2D eigenvalue weighted by Gasteiger charge is 2.20. The van der Waals surface area contributed by atoms with Crippen molar-refractivity contribution < 1.29 is 33.0 Å². The zero-order valence-electron chi connectivity index (χ0n) is 21.1. The topological polar surface area (TPSA) is 134 Å². The number of hydrogen-bond donors (Lipinski definition) is 2. The molecule has 206 valence electrons. The molecule has 0 saturated heterocycles. The number of aliphatic hydroxyl groups is 1. The molecule has 0 aliphatic rings. The first kappa shape index (κ1) is 28.8. The molecular formula is C29H25ClN2O7S. The molecule has 0 aliphatic heterocycles. The minimum absolute atomic E-state index is 0.00612. The lowest BCUT2D eigenvalue weighted by atomic mass is 10.1. The molecule has 4 rings (SSSR count). The summed E-state index contributed by atoms with van der Waals surface area (Å²) >= 11 is 5.96. The summed E-state index contributed by atoms with van der Waals surface area (Å²) in [6.45, 7) is -0.0534. The van der Waals surface area contributed by atoms with Crippen LogP contribution in [0.3, 0.4) is 0 Å². The van der Waals surface area contributed by atoms with E-state index in [9.17, 15) is 28.2 Å². The van der Waals surface area contributed by atoms with Crippen molar-refractivity contribution in [2.24, 2.45) is 0 Å². The molecule has 11 heteroatoms. The molecule has 9 nitrogen and oxygen atoms in total. The van der Waals surface area contributed by atoms with Gasteiger partial charge in [-0.1, -0.05) is 41.9 Å². The Balaban J connectivity index is 1.43. The fourth-order valence-electron chi connectivity index (χ4n) is 3.92. The van der Waals surface area contributed by atoms with Crippen LogP contribution in [0.25, 0.3) is 0 Å². The molecule has 0 unspecified atom stereocenters. The number of pyridine rings is 1. The van der Waals surface area contributed by atoms with Crippen LogP contribution in [0.4, 0.5) is 4.79 Å². The van der Waals surface area contributed by atoms with Crippen LogP contribution in [0.1, 0.15) is 27.6 Å². The Labute approximate surface area is 236 Å². The lowest BCUT2D eigenvalue weighted by Crippen LogP contribution is -2.35. The fourth-order valence-corrected chi connectivity index (χ4v) is 5.42. The molecule has 0 spiro atoms. The smallest absolute Gasteiger partial charge is 0.407 e. The molecule has 3 aromatic carbocycles. The van der Waals surface area contributed by atoms with E-state index in [-0.39, 0.29) is 40.1 Å². The second-order valence-corrected chi connectivity index (χ2v) is 11.2. The van der Waals surface area contributed by atoms with Gasteiger partial charge in [-0.2, -0.15) is 0 Å². The summed E-state index contributed by atoms with van der Waals surface area (Å²) in [5, 5.41) is 20.5. The average molecular weight is 581 g/mol. The molecule has 0 bridgehead atoms. The monoisotopic (exact) mass is 580 g/mol. The van der Waals surface area contributed by atoms with Gasteiger partial charge >= 0.3 is 6.09 Å². The number of nitrogens with zero attached hydrogens (tertiary/aromatic N) is 2. The zero-order chi connectivity index (χ0) is 28.7. The number of benzene rings is 3. The maximum atomic E-state index is 13.3. The van der Waals surface area contributed by atoms with Crippen LogP contribution in [0, 0.1) is 0 Å². The molecule has 1 atom stereocenters. The highest BCUT2D eigenvalue weighted by atomic mass is 35.5. The van der Waals surface area contributed by atoms with Crippen LogP contribution in [-0.2, 0) is 16.3 Å². The van der Waals surface area contributed by atoms with E-state index in [0.29, 0.717) is 23.3 Å². The van der Waals surface area contributed by atoms with Gasteiger partial charge in [0.2, 0.25) is 15.7 Å². The number of aliphatic hydroxyl groups excluding tert-OH is 1. The number of aldehydes is 1. The molecule has 1 amide bonds. The lowest BCUT2D eigenvalue weighted by Gasteiger charge is -2.23. The molecule has 0 saturated carbocycles. The quantitative estimate of drug-likeness (QED) is 0.224. The first-order valence-corrected chi connectivity index (χ1v) is 14.0. The third kappa shape index (κ3) is 7.03. The number of amides is 1. The highest BCUT2D eigenvalue weighted by molar-refractivity contribution is 7.91. The average Bonchev–Trinajstić information content (AvgIpc) is 2.95. The minimum atomic E-state index is -3.90. The number of carbonyl (C=O) groups excluding carboxylic acids is 1. The van der Waals surface area contributed by atoms with E-state index >= 15 is 0 Å². The van der Waals surface area contributed by atoms with Gasteiger partial charge in [0.05, 0.1) is 28.0 Å². The van der Waals surface area contributed by atoms with Crippen molar-refractivity contribution in [1.29, 1.82) is 0 Å².